The van der Waals surface area contributed by atoms with Gasteiger partial charge >= 0.3 is 5.97 Å². The van der Waals surface area contributed by atoms with E-state index in [9.17, 15) is 4.79 Å². The summed E-state index contributed by atoms with van der Waals surface area (Å²) in [6.07, 6.45) is 0. The van der Waals surface area contributed by atoms with Crippen molar-refractivity contribution in [2.75, 3.05) is 13.7 Å². The lowest BCUT2D eigenvalue weighted by Crippen LogP contribution is -2.09. The molecule has 0 aliphatic heterocycles. The molecule has 0 spiro atoms. The van der Waals surface area contributed by atoms with Crippen molar-refractivity contribution >= 4 is 5.97 Å². The van der Waals surface area contributed by atoms with Crippen LogP contribution in [0, 0.1) is 0 Å². The molecular formula is C11H12O4. The van der Waals surface area contributed by atoms with Gasteiger partial charge in [-0.3, -0.25) is 0 Å². The number of hydrogen-bond donors (Lipinski definition) is 1. The Bertz CT molecular complexity index is 371. The summed E-state index contributed by atoms with van der Waals surface area (Å²) in [5, 5.41) is 8.58. The number of methoxy groups -OCH3 is 1. The van der Waals surface area contributed by atoms with E-state index >= 15 is 0 Å². The number of para-hydroxylation sites is 2. The Kier molecular flexibility index (Phi) is 3.74. The number of rotatable bonds is 5. The van der Waals surface area contributed by atoms with Crippen LogP contribution in [0.1, 0.15) is 0 Å². The van der Waals surface area contributed by atoms with Gasteiger partial charge in [-0.15, -0.1) is 0 Å². The average molecular weight is 208 g/mol. The van der Waals surface area contributed by atoms with E-state index in [2.05, 4.69) is 6.58 Å². The van der Waals surface area contributed by atoms with E-state index in [0.29, 0.717) is 11.5 Å². The SMILES string of the molecule is C=C(COc1ccccc1OC)C(=O)O. The molecule has 0 amide bonds. The first-order valence-corrected chi connectivity index (χ1v) is 4.32. The predicted octanol–water partition coefficient (Wildman–Crippen LogP) is 1.71. The lowest BCUT2D eigenvalue weighted by Gasteiger charge is -2.09. The molecule has 1 rings (SSSR count). The summed E-state index contributed by atoms with van der Waals surface area (Å²) in [5.41, 5.74) is 0.000839. The van der Waals surface area contributed by atoms with Gasteiger partial charge in [0, 0.05) is 0 Å². The molecule has 4 nitrogen and oxygen atoms in total. The lowest BCUT2D eigenvalue weighted by atomic mass is 10.3. The zero-order chi connectivity index (χ0) is 11.3. The molecule has 0 aliphatic rings. The monoisotopic (exact) mass is 208 g/mol. The van der Waals surface area contributed by atoms with Gasteiger partial charge in [-0.25, -0.2) is 4.79 Å². The molecule has 0 aliphatic carbocycles. The van der Waals surface area contributed by atoms with Gasteiger partial charge in [0.2, 0.25) is 0 Å². The largest absolute Gasteiger partial charge is 0.493 e. The second kappa shape index (κ2) is 5.05. The quantitative estimate of drug-likeness (QED) is 0.748. The van der Waals surface area contributed by atoms with Crippen LogP contribution in [0.25, 0.3) is 0 Å². The van der Waals surface area contributed by atoms with Crippen LogP contribution < -0.4 is 9.47 Å². The Morgan fingerprint density at radius 1 is 1.40 bits per heavy atom. The van der Waals surface area contributed by atoms with Crippen molar-refractivity contribution in [2.45, 2.75) is 0 Å². The van der Waals surface area contributed by atoms with Gasteiger partial charge < -0.3 is 14.6 Å². The van der Waals surface area contributed by atoms with E-state index in [4.69, 9.17) is 14.6 Å². The Morgan fingerprint density at radius 2 is 2.00 bits per heavy atom. The highest BCUT2D eigenvalue weighted by Gasteiger charge is 2.07. The summed E-state index contributed by atoms with van der Waals surface area (Å²) < 4.78 is 10.3. The van der Waals surface area contributed by atoms with Crippen LogP contribution in [0.2, 0.25) is 0 Å². The van der Waals surface area contributed by atoms with Crippen molar-refractivity contribution in [3.05, 3.63) is 36.4 Å². The molecule has 1 aromatic carbocycles. The van der Waals surface area contributed by atoms with Crippen molar-refractivity contribution < 1.29 is 19.4 Å². The summed E-state index contributed by atoms with van der Waals surface area (Å²) in [6.45, 7) is 3.30. The maximum absolute atomic E-state index is 10.5. The molecule has 0 unspecified atom stereocenters. The number of carboxylic acid groups (broad SMARTS) is 1. The summed E-state index contributed by atoms with van der Waals surface area (Å²) in [7, 11) is 1.52. The number of carbonyl (C=O) groups is 1. The molecule has 0 saturated heterocycles. The Morgan fingerprint density at radius 3 is 2.53 bits per heavy atom. The minimum atomic E-state index is -1.06. The summed E-state index contributed by atoms with van der Waals surface area (Å²) in [4.78, 5) is 10.5. The third-order valence-corrected chi connectivity index (χ3v) is 1.77. The molecule has 0 heterocycles. The van der Waals surface area contributed by atoms with Crippen molar-refractivity contribution in [3.8, 4) is 11.5 Å². The van der Waals surface area contributed by atoms with Crippen LogP contribution in [0.5, 0.6) is 11.5 Å². The normalized spacial score (nSPS) is 9.40. The van der Waals surface area contributed by atoms with E-state index in [-0.39, 0.29) is 12.2 Å². The molecular weight excluding hydrogens is 196 g/mol. The third-order valence-electron chi connectivity index (χ3n) is 1.77. The smallest absolute Gasteiger partial charge is 0.334 e. The van der Waals surface area contributed by atoms with Gasteiger partial charge in [0.05, 0.1) is 12.7 Å². The van der Waals surface area contributed by atoms with Gasteiger partial charge in [0.25, 0.3) is 0 Å². The minimum absolute atomic E-state index is 0.000839. The molecule has 0 atom stereocenters. The number of aliphatic carboxylic acids is 1. The molecule has 15 heavy (non-hydrogen) atoms. The Labute approximate surface area is 87.7 Å². The fourth-order valence-electron chi connectivity index (χ4n) is 0.965. The first kappa shape index (κ1) is 11.1. The summed E-state index contributed by atoms with van der Waals surface area (Å²) in [5.74, 6) is 0.00277. The standard InChI is InChI=1S/C11H12O4/c1-8(11(12)13)7-15-10-6-4-3-5-9(10)14-2/h3-6H,1,7H2,2H3,(H,12,13). The zero-order valence-electron chi connectivity index (χ0n) is 8.40. The minimum Gasteiger partial charge on any atom is -0.493 e. The van der Waals surface area contributed by atoms with Gasteiger partial charge in [-0.2, -0.15) is 0 Å². The molecule has 0 aromatic heterocycles. The van der Waals surface area contributed by atoms with E-state index < -0.39 is 5.97 Å². The van der Waals surface area contributed by atoms with Gasteiger partial charge in [-0.1, -0.05) is 18.7 Å². The second-order valence-electron chi connectivity index (χ2n) is 2.85. The number of carboxylic acids is 1. The van der Waals surface area contributed by atoms with Crippen molar-refractivity contribution in [3.63, 3.8) is 0 Å². The van der Waals surface area contributed by atoms with Crippen LogP contribution in [-0.2, 0) is 4.79 Å². The van der Waals surface area contributed by atoms with E-state index in [1.807, 2.05) is 0 Å². The molecule has 0 saturated carbocycles. The van der Waals surface area contributed by atoms with Crippen molar-refractivity contribution in [2.24, 2.45) is 0 Å². The van der Waals surface area contributed by atoms with Crippen LogP contribution >= 0.6 is 0 Å². The second-order valence-corrected chi connectivity index (χ2v) is 2.85. The van der Waals surface area contributed by atoms with Crippen LogP contribution in [-0.4, -0.2) is 24.8 Å². The molecule has 80 valence electrons. The first-order valence-electron chi connectivity index (χ1n) is 4.32. The predicted molar refractivity (Wildman–Crippen MR) is 55.3 cm³/mol. The van der Waals surface area contributed by atoms with Crippen LogP contribution in [0.4, 0.5) is 0 Å². The number of hydrogen-bond acceptors (Lipinski definition) is 3. The molecule has 0 radical (unpaired) electrons. The van der Waals surface area contributed by atoms with Gasteiger partial charge in [-0.05, 0) is 12.1 Å². The average Bonchev–Trinajstić information content (AvgIpc) is 2.26. The molecule has 4 heteroatoms. The lowest BCUT2D eigenvalue weighted by molar-refractivity contribution is -0.133. The van der Waals surface area contributed by atoms with E-state index in [0.717, 1.165) is 0 Å². The maximum Gasteiger partial charge on any atom is 0.334 e. The fourth-order valence-corrected chi connectivity index (χ4v) is 0.965. The van der Waals surface area contributed by atoms with E-state index in [1.165, 1.54) is 7.11 Å². The number of benzene rings is 1. The highest BCUT2D eigenvalue weighted by atomic mass is 16.5. The topological polar surface area (TPSA) is 55.8 Å². The summed E-state index contributed by atoms with van der Waals surface area (Å²) >= 11 is 0. The van der Waals surface area contributed by atoms with Crippen LogP contribution in [0.3, 0.4) is 0 Å². The first-order chi connectivity index (χ1) is 7.15. The van der Waals surface area contributed by atoms with Crippen molar-refractivity contribution in [1.29, 1.82) is 0 Å². The molecule has 0 bridgehead atoms. The van der Waals surface area contributed by atoms with Gasteiger partial charge in [0.1, 0.15) is 6.61 Å². The summed E-state index contributed by atoms with van der Waals surface area (Å²) in [6, 6.07) is 7.02. The molecule has 1 aromatic rings. The number of ether oxygens (including phenoxy) is 2. The maximum atomic E-state index is 10.5. The molecule has 1 N–H and O–H groups in total. The third kappa shape index (κ3) is 3.02. The Hall–Kier alpha value is -1.97. The highest BCUT2D eigenvalue weighted by molar-refractivity contribution is 5.86. The zero-order valence-corrected chi connectivity index (χ0v) is 8.40. The fraction of sp³-hybridized carbons (Fsp3) is 0.182. The van der Waals surface area contributed by atoms with Crippen LogP contribution in [0.15, 0.2) is 36.4 Å². The van der Waals surface area contributed by atoms with E-state index in [1.54, 1.807) is 24.3 Å². The van der Waals surface area contributed by atoms with Gasteiger partial charge in [0.15, 0.2) is 11.5 Å². The molecule has 0 fully saturated rings. The highest BCUT2D eigenvalue weighted by Crippen LogP contribution is 2.25. The van der Waals surface area contributed by atoms with Crippen molar-refractivity contribution in [1.82, 2.24) is 0 Å². The Balaban J connectivity index is 2.65.